The minimum Gasteiger partial charge on any atom is -0.457 e. The van der Waals surface area contributed by atoms with Crippen molar-refractivity contribution < 1.29 is 4.74 Å². The number of aryl methyl sites for hydroxylation is 4. The summed E-state index contributed by atoms with van der Waals surface area (Å²) < 4.78 is 11.0. The standard InChI is InChI=1S/C45H48N4O/c1-8-33-25-36(49-32(4)44(31(3)47-49)35-15-10-9-11-16-35)28-38(26-33)50-37-18-19-39-40-27-34(14-12-13-22-45(5,6)7)17-20-41(40)48(42(39)29-37)43-24-30(2)21-23-46-43/h9-11,15-21,23-29H,8,12-14,22H2,1-7H3. The topological polar surface area (TPSA) is 44.9 Å². The van der Waals surface area contributed by atoms with Gasteiger partial charge >= 0.3 is 0 Å². The van der Waals surface area contributed by atoms with Gasteiger partial charge in [-0.05, 0) is 123 Å². The molecular weight excluding hydrogens is 613 g/mol. The van der Waals surface area contributed by atoms with Crippen LogP contribution in [0.2, 0.25) is 0 Å². The summed E-state index contributed by atoms with van der Waals surface area (Å²) in [5.41, 5.74) is 11.8. The van der Waals surface area contributed by atoms with Crippen molar-refractivity contribution in [1.82, 2.24) is 19.3 Å². The van der Waals surface area contributed by atoms with E-state index in [9.17, 15) is 0 Å². The van der Waals surface area contributed by atoms with Gasteiger partial charge in [-0.1, -0.05) is 70.5 Å². The van der Waals surface area contributed by atoms with Crippen LogP contribution in [0, 0.1) is 26.2 Å². The number of hydrogen-bond donors (Lipinski definition) is 0. The van der Waals surface area contributed by atoms with E-state index in [0.29, 0.717) is 5.41 Å². The van der Waals surface area contributed by atoms with E-state index in [2.05, 4.69) is 149 Å². The largest absolute Gasteiger partial charge is 0.457 e. The van der Waals surface area contributed by atoms with Crippen LogP contribution < -0.4 is 4.74 Å². The quantitative estimate of drug-likeness (QED) is 0.137. The average molecular weight is 661 g/mol. The zero-order valence-electron chi connectivity index (χ0n) is 30.5. The van der Waals surface area contributed by atoms with Crippen molar-refractivity contribution in [3.63, 3.8) is 0 Å². The molecule has 0 aliphatic heterocycles. The zero-order chi connectivity index (χ0) is 35.0. The molecular formula is C45H48N4O. The van der Waals surface area contributed by atoms with E-state index in [-0.39, 0.29) is 0 Å². The van der Waals surface area contributed by atoms with Gasteiger partial charge in [0.25, 0.3) is 0 Å². The third-order valence-corrected chi connectivity index (χ3v) is 9.77. The first-order valence-corrected chi connectivity index (χ1v) is 18.0. The molecule has 0 saturated carbocycles. The summed E-state index contributed by atoms with van der Waals surface area (Å²) in [6, 6.07) is 34.6. The van der Waals surface area contributed by atoms with E-state index in [0.717, 1.165) is 58.3 Å². The Morgan fingerprint density at radius 2 is 1.54 bits per heavy atom. The second-order valence-corrected chi connectivity index (χ2v) is 14.9. The number of ether oxygens (including phenoxy) is 1. The molecule has 0 radical (unpaired) electrons. The Bertz CT molecular complexity index is 2300. The lowest BCUT2D eigenvalue weighted by Gasteiger charge is -2.17. The first-order chi connectivity index (χ1) is 24.1. The molecule has 50 heavy (non-hydrogen) atoms. The van der Waals surface area contributed by atoms with Gasteiger partial charge in [0.2, 0.25) is 0 Å². The summed E-state index contributed by atoms with van der Waals surface area (Å²) in [5, 5.41) is 7.44. The van der Waals surface area contributed by atoms with Crippen LogP contribution in [0.4, 0.5) is 0 Å². The van der Waals surface area contributed by atoms with Crippen molar-refractivity contribution in [1.29, 1.82) is 0 Å². The number of aromatic nitrogens is 4. The van der Waals surface area contributed by atoms with Gasteiger partial charge in [0.1, 0.15) is 17.3 Å². The Morgan fingerprint density at radius 1 is 0.720 bits per heavy atom. The van der Waals surface area contributed by atoms with Crippen molar-refractivity contribution in [2.24, 2.45) is 5.41 Å². The van der Waals surface area contributed by atoms with Gasteiger partial charge in [-0.15, -0.1) is 0 Å². The first-order valence-electron chi connectivity index (χ1n) is 18.0. The molecule has 0 aliphatic carbocycles. The molecule has 0 N–H and O–H groups in total. The number of fused-ring (bicyclic) bond motifs is 3. The maximum Gasteiger partial charge on any atom is 0.137 e. The number of rotatable bonds is 10. The molecule has 3 aromatic heterocycles. The molecule has 254 valence electrons. The normalized spacial score (nSPS) is 11.9. The van der Waals surface area contributed by atoms with Gasteiger partial charge in [-0.3, -0.25) is 4.57 Å². The Kier molecular flexibility index (Phi) is 9.09. The molecule has 0 unspecified atom stereocenters. The molecule has 5 nitrogen and oxygen atoms in total. The second-order valence-electron chi connectivity index (χ2n) is 14.9. The van der Waals surface area contributed by atoms with Crippen LogP contribution in [-0.2, 0) is 12.8 Å². The van der Waals surface area contributed by atoms with Crippen LogP contribution in [0.3, 0.4) is 0 Å². The van der Waals surface area contributed by atoms with Crippen molar-refractivity contribution in [2.75, 3.05) is 0 Å². The van der Waals surface area contributed by atoms with Gasteiger partial charge in [0.15, 0.2) is 0 Å². The van der Waals surface area contributed by atoms with Gasteiger partial charge < -0.3 is 4.74 Å². The highest BCUT2D eigenvalue weighted by atomic mass is 16.5. The molecule has 3 heterocycles. The zero-order valence-corrected chi connectivity index (χ0v) is 30.5. The number of hydrogen-bond acceptors (Lipinski definition) is 3. The lowest BCUT2D eigenvalue weighted by Crippen LogP contribution is -2.04. The SMILES string of the molecule is CCc1cc(Oc2ccc3c4cc(CCCCC(C)(C)C)ccc4n(-c4cc(C)ccn4)c3c2)cc(-n2nc(C)c(-c3ccccc3)c2C)c1. The maximum atomic E-state index is 6.71. The predicted octanol–water partition coefficient (Wildman–Crippen LogP) is 12.1. The molecule has 5 heteroatoms. The Morgan fingerprint density at radius 3 is 2.30 bits per heavy atom. The minimum atomic E-state index is 0.375. The second kappa shape index (κ2) is 13.6. The highest BCUT2D eigenvalue weighted by Gasteiger charge is 2.18. The smallest absolute Gasteiger partial charge is 0.137 e. The van der Waals surface area contributed by atoms with Crippen LogP contribution in [0.15, 0.2) is 103 Å². The fourth-order valence-corrected chi connectivity index (χ4v) is 7.22. The Labute approximate surface area is 296 Å². The van der Waals surface area contributed by atoms with Crippen LogP contribution >= 0.6 is 0 Å². The molecule has 7 aromatic rings. The number of nitrogens with zero attached hydrogens (tertiary/aromatic N) is 4. The Hall–Kier alpha value is -5.16. The van der Waals surface area contributed by atoms with Crippen LogP contribution in [0.5, 0.6) is 11.5 Å². The molecule has 0 saturated heterocycles. The monoisotopic (exact) mass is 660 g/mol. The summed E-state index contributed by atoms with van der Waals surface area (Å²) in [6.07, 6.45) is 7.55. The van der Waals surface area contributed by atoms with E-state index < -0.39 is 0 Å². The van der Waals surface area contributed by atoms with E-state index in [1.54, 1.807) is 0 Å². The maximum absolute atomic E-state index is 6.71. The molecule has 0 spiro atoms. The van der Waals surface area contributed by atoms with Crippen LogP contribution in [0.1, 0.15) is 75.0 Å². The molecule has 7 rings (SSSR count). The van der Waals surface area contributed by atoms with E-state index >= 15 is 0 Å². The van der Waals surface area contributed by atoms with E-state index in [1.165, 1.54) is 57.9 Å². The van der Waals surface area contributed by atoms with E-state index in [4.69, 9.17) is 14.8 Å². The molecule has 0 bridgehead atoms. The fraction of sp³-hybridized carbons (Fsp3) is 0.289. The molecule has 0 amide bonds. The van der Waals surface area contributed by atoms with E-state index in [1.807, 2.05) is 12.3 Å². The van der Waals surface area contributed by atoms with Gasteiger partial charge in [0.05, 0.1) is 22.4 Å². The summed E-state index contributed by atoms with van der Waals surface area (Å²) in [4.78, 5) is 4.82. The fourth-order valence-electron chi connectivity index (χ4n) is 7.22. The summed E-state index contributed by atoms with van der Waals surface area (Å²) in [7, 11) is 0. The summed E-state index contributed by atoms with van der Waals surface area (Å²) in [5.74, 6) is 2.49. The highest BCUT2D eigenvalue weighted by Crippen LogP contribution is 2.37. The minimum absolute atomic E-state index is 0.375. The third kappa shape index (κ3) is 6.82. The molecule has 0 aliphatic rings. The molecule has 0 atom stereocenters. The van der Waals surface area contributed by atoms with Gasteiger partial charge in [0, 0.05) is 40.4 Å². The van der Waals surface area contributed by atoms with Crippen LogP contribution in [-0.4, -0.2) is 19.3 Å². The summed E-state index contributed by atoms with van der Waals surface area (Å²) in [6.45, 7) is 15.5. The first kappa shape index (κ1) is 33.3. The van der Waals surface area contributed by atoms with Crippen molar-refractivity contribution in [2.45, 2.75) is 80.6 Å². The number of benzene rings is 4. The number of pyridine rings is 1. The third-order valence-electron chi connectivity index (χ3n) is 9.77. The lowest BCUT2D eigenvalue weighted by atomic mass is 9.89. The highest BCUT2D eigenvalue weighted by molar-refractivity contribution is 6.09. The average Bonchev–Trinajstić information content (AvgIpc) is 3.58. The van der Waals surface area contributed by atoms with Crippen LogP contribution in [0.25, 0.3) is 44.4 Å². The number of unbranched alkanes of at least 4 members (excludes halogenated alkanes) is 1. The molecule has 4 aromatic carbocycles. The Balaban J connectivity index is 1.27. The summed E-state index contributed by atoms with van der Waals surface area (Å²) >= 11 is 0. The lowest BCUT2D eigenvalue weighted by molar-refractivity contribution is 0.360. The predicted molar refractivity (Wildman–Crippen MR) is 208 cm³/mol. The van der Waals surface area contributed by atoms with Crippen molar-refractivity contribution in [3.05, 3.63) is 131 Å². The van der Waals surface area contributed by atoms with Gasteiger partial charge in [-0.25, -0.2) is 9.67 Å². The van der Waals surface area contributed by atoms with Gasteiger partial charge in [-0.2, -0.15) is 5.10 Å². The molecule has 0 fully saturated rings. The van der Waals surface area contributed by atoms with Crippen molar-refractivity contribution >= 4 is 21.8 Å². The van der Waals surface area contributed by atoms with Crippen molar-refractivity contribution in [3.8, 4) is 34.1 Å².